The predicted octanol–water partition coefficient (Wildman–Crippen LogP) is 4.09. The van der Waals surface area contributed by atoms with E-state index in [1.54, 1.807) is 0 Å². The molecule has 186 valence electrons. The molecule has 0 spiro atoms. The van der Waals surface area contributed by atoms with Gasteiger partial charge in [-0.2, -0.15) is 0 Å². The number of fused-ring (bicyclic) bond motifs is 1. The molecule has 0 unspecified atom stereocenters. The largest absolute Gasteiger partial charge is 0.384 e. The second-order valence-corrected chi connectivity index (χ2v) is 10.2. The van der Waals surface area contributed by atoms with Gasteiger partial charge in [0.15, 0.2) is 0 Å². The number of para-hydroxylation sites is 1. The van der Waals surface area contributed by atoms with E-state index in [9.17, 15) is 0 Å². The minimum absolute atomic E-state index is 0.990. The lowest BCUT2D eigenvalue weighted by molar-refractivity contribution is 0.152. The number of unbranched alkanes of at least 4 members (excludes halogenated alkanes) is 1. The van der Waals surface area contributed by atoms with Gasteiger partial charge in [-0.25, -0.2) is 4.98 Å². The fraction of sp³-hybridized carbons (Fsp3) is 0.483. The first kappa shape index (κ1) is 24.0. The van der Waals surface area contributed by atoms with Crippen LogP contribution in [0.5, 0.6) is 0 Å². The van der Waals surface area contributed by atoms with Gasteiger partial charge in [0.25, 0.3) is 0 Å². The molecule has 1 N–H and O–H groups in total. The Labute approximate surface area is 210 Å². The van der Waals surface area contributed by atoms with E-state index < -0.39 is 0 Å². The summed E-state index contributed by atoms with van der Waals surface area (Å²) in [6.07, 6.45) is 2.42. The minimum Gasteiger partial charge on any atom is -0.384 e. The smallest absolute Gasteiger partial charge is 0.0730 e. The molecule has 3 aromatic rings. The molecule has 0 atom stereocenters. The van der Waals surface area contributed by atoms with Crippen molar-refractivity contribution in [1.29, 1.82) is 0 Å². The van der Waals surface area contributed by atoms with Crippen LogP contribution in [0.15, 0.2) is 54.6 Å². The lowest BCUT2D eigenvalue weighted by Gasteiger charge is -2.34. The van der Waals surface area contributed by atoms with Crippen molar-refractivity contribution in [1.82, 2.24) is 19.7 Å². The van der Waals surface area contributed by atoms with Gasteiger partial charge in [0.05, 0.1) is 11.2 Å². The molecule has 35 heavy (non-hydrogen) atoms. The summed E-state index contributed by atoms with van der Waals surface area (Å²) in [6.45, 7) is 11.4. The zero-order chi connectivity index (χ0) is 24.0. The van der Waals surface area contributed by atoms with E-state index in [0.29, 0.717) is 0 Å². The summed E-state index contributed by atoms with van der Waals surface area (Å²) in [5.74, 6) is 0. The number of nitrogens with zero attached hydrogens (tertiary/aromatic N) is 5. The molecule has 5 rings (SSSR count). The SMILES string of the molecule is CN1CCN(CCCCNc2cc(-c3ccc(N4CCN(C)CC4)cc3)nc3ccccc23)CC1. The molecule has 0 saturated carbocycles. The first-order valence-electron chi connectivity index (χ1n) is 13.2. The van der Waals surface area contributed by atoms with Crippen LogP contribution in [0.3, 0.4) is 0 Å². The number of piperazine rings is 2. The Kier molecular flexibility index (Phi) is 7.82. The molecule has 2 aliphatic rings. The average Bonchev–Trinajstić information content (AvgIpc) is 2.90. The van der Waals surface area contributed by atoms with Crippen molar-refractivity contribution in [3.05, 3.63) is 54.6 Å². The van der Waals surface area contributed by atoms with E-state index in [0.717, 1.165) is 43.9 Å². The zero-order valence-corrected chi connectivity index (χ0v) is 21.4. The Morgan fingerprint density at radius 3 is 2.20 bits per heavy atom. The number of nitrogens with one attached hydrogen (secondary N) is 1. The molecule has 2 aromatic carbocycles. The van der Waals surface area contributed by atoms with Crippen molar-refractivity contribution >= 4 is 22.3 Å². The van der Waals surface area contributed by atoms with Crippen LogP contribution in [0, 0.1) is 0 Å². The maximum atomic E-state index is 5.00. The summed E-state index contributed by atoms with van der Waals surface area (Å²) < 4.78 is 0. The average molecular weight is 473 g/mol. The molecule has 3 heterocycles. The zero-order valence-electron chi connectivity index (χ0n) is 21.4. The van der Waals surface area contributed by atoms with E-state index in [-0.39, 0.29) is 0 Å². The predicted molar refractivity (Wildman–Crippen MR) is 149 cm³/mol. The molecule has 0 aliphatic carbocycles. The fourth-order valence-corrected chi connectivity index (χ4v) is 5.13. The maximum Gasteiger partial charge on any atom is 0.0730 e. The van der Waals surface area contributed by atoms with Crippen LogP contribution in [-0.2, 0) is 0 Å². The monoisotopic (exact) mass is 472 g/mol. The lowest BCUT2D eigenvalue weighted by atomic mass is 10.1. The minimum atomic E-state index is 0.990. The third-order valence-corrected chi connectivity index (χ3v) is 7.56. The third kappa shape index (κ3) is 6.13. The second kappa shape index (κ2) is 11.4. The van der Waals surface area contributed by atoms with Gasteiger partial charge in [-0.05, 0) is 57.7 Å². The van der Waals surface area contributed by atoms with Gasteiger partial charge < -0.3 is 24.9 Å². The van der Waals surface area contributed by atoms with Crippen LogP contribution in [0.4, 0.5) is 11.4 Å². The summed E-state index contributed by atoms with van der Waals surface area (Å²) in [7, 11) is 4.42. The first-order valence-corrected chi connectivity index (χ1v) is 13.2. The van der Waals surface area contributed by atoms with E-state index in [1.165, 1.54) is 67.9 Å². The maximum absolute atomic E-state index is 5.00. The van der Waals surface area contributed by atoms with Gasteiger partial charge in [0.1, 0.15) is 0 Å². The molecule has 2 saturated heterocycles. The van der Waals surface area contributed by atoms with Gasteiger partial charge in [-0.3, -0.25) is 0 Å². The summed E-state index contributed by atoms with van der Waals surface area (Å²) in [4.78, 5) is 14.9. The molecule has 0 radical (unpaired) electrons. The van der Waals surface area contributed by atoms with Crippen LogP contribution in [0.1, 0.15) is 12.8 Å². The Bertz CT molecular complexity index is 1080. The van der Waals surface area contributed by atoms with Crippen molar-refractivity contribution in [3.63, 3.8) is 0 Å². The van der Waals surface area contributed by atoms with Crippen molar-refractivity contribution in [2.75, 3.05) is 89.8 Å². The van der Waals surface area contributed by atoms with E-state index >= 15 is 0 Å². The molecule has 6 heteroatoms. The number of benzene rings is 2. The second-order valence-electron chi connectivity index (χ2n) is 10.2. The Balaban J connectivity index is 1.23. The number of likely N-dealkylation sites (N-methyl/N-ethyl adjacent to an activating group) is 2. The van der Waals surface area contributed by atoms with E-state index in [4.69, 9.17) is 4.98 Å². The van der Waals surface area contributed by atoms with Crippen LogP contribution in [0.25, 0.3) is 22.2 Å². The summed E-state index contributed by atoms with van der Waals surface area (Å²) in [5.41, 5.74) is 5.75. The molecule has 0 amide bonds. The van der Waals surface area contributed by atoms with Gasteiger partial charge in [0, 0.05) is 81.2 Å². The van der Waals surface area contributed by atoms with Gasteiger partial charge in [-0.1, -0.05) is 30.3 Å². The molecule has 1 aromatic heterocycles. The summed E-state index contributed by atoms with van der Waals surface area (Å²) >= 11 is 0. The van der Waals surface area contributed by atoms with Gasteiger partial charge in [0.2, 0.25) is 0 Å². The molecule has 2 aliphatic heterocycles. The number of anilines is 2. The standard InChI is InChI=1S/C29H40N6/c1-32-15-19-34(20-16-32)14-6-5-13-30-29-23-28(31-27-8-4-3-7-26(27)29)24-9-11-25(12-10-24)35-21-17-33(2)18-22-35/h3-4,7-12,23H,5-6,13-22H2,1-2H3,(H,30,31). The highest BCUT2D eigenvalue weighted by molar-refractivity contribution is 5.93. The Morgan fingerprint density at radius 2 is 1.46 bits per heavy atom. The molecule has 0 bridgehead atoms. The van der Waals surface area contributed by atoms with Crippen LogP contribution in [-0.4, -0.2) is 99.2 Å². The van der Waals surface area contributed by atoms with Crippen molar-refractivity contribution < 1.29 is 0 Å². The number of pyridine rings is 1. The van der Waals surface area contributed by atoms with Gasteiger partial charge >= 0.3 is 0 Å². The molecule has 2 fully saturated rings. The van der Waals surface area contributed by atoms with E-state index in [1.807, 2.05) is 0 Å². The highest BCUT2D eigenvalue weighted by atomic mass is 15.3. The summed E-state index contributed by atoms with van der Waals surface area (Å²) in [5, 5.41) is 4.93. The topological polar surface area (TPSA) is 37.9 Å². The first-order chi connectivity index (χ1) is 17.2. The quantitative estimate of drug-likeness (QED) is 0.498. The Morgan fingerprint density at radius 1 is 0.771 bits per heavy atom. The fourth-order valence-electron chi connectivity index (χ4n) is 5.13. The number of rotatable bonds is 8. The number of hydrogen-bond acceptors (Lipinski definition) is 6. The molecular formula is C29H40N6. The normalized spacial score (nSPS) is 18.3. The van der Waals surface area contributed by atoms with Crippen LogP contribution in [0.2, 0.25) is 0 Å². The molecule has 6 nitrogen and oxygen atoms in total. The highest BCUT2D eigenvalue weighted by Gasteiger charge is 2.15. The van der Waals surface area contributed by atoms with E-state index in [2.05, 4.69) is 93.6 Å². The van der Waals surface area contributed by atoms with Crippen LogP contribution < -0.4 is 10.2 Å². The molecular weight excluding hydrogens is 432 g/mol. The third-order valence-electron chi connectivity index (χ3n) is 7.56. The Hall–Kier alpha value is -2.67. The van der Waals surface area contributed by atoms with Gasteiger partial charge in [-0.15, -0.1) is 0 Å². The lowest BCUT2D eigenvalue weighted by Crippen LogP contribution is -2.44. The van der Waals surface area contributed by atoms with Crippen LogP contribution >= 0.6 is 0 Å². The summed E-state index contributed by atoms with van der Waals surface area (Å²) in [6, 6.07) is 19.7. The van der Waals surface area contributed by atoms with Crippen molar-refractivity contribution in [3.8, 4) is 11.3 Å². The van der Waals surface area contributed by atoms with Crippen molar-refractivity contribution in [2.24, 2.45) is 0 Å². The number of aromatic nitrogens is 1. The number of hydrogen-bond donors (Lipinski definition) is 1. The highest BCUT2D eigenvalue weighted by Crippen LogP contribution is 2.29. The van der Waals surface area contributed by atoms with Crippen molar-refractivity contribution in [2.45, 2.75) is 12.8 Å².